The van der Waals surface area contributed by atoms with E-state index in [4.69, 9.17) is 9.84 Å². The number of halogens is 2. The molecule has 4 rings (SSSR count). The number of benzene rings is 3. The Kier molecular flexibility index (Phi) is 7.33. The van der Waals surface area contributed by atoms with Crippen molar-refractivity contribution in [1.29, 1.82) is 0 Å². The Morgan fingerprint density at radius 1 is 0.973 bits per heavy atom. The van der Waals surface area contributed by atoms with Crippen molar-refractivity contribution < 1.29 is 28.2 Å². The van der Waals surface area contributed by atoms with E-state index in [0.717, 1.165) is 28.8 Å². The molecule has 1 amide bonds. The molecule has 0 saturated heterocycles. The van der Waals surface area contributed by atoms with E-state index in [1.165, 1.54) is 13.0 Å². The smallest absolute Gasteiger partial charge is 0.412 e. The van der Waals surface area contributed by atoms with E-state index in [2.05, 4.69) is 10.4 Å². The largest absolute Gasteiger partial charge is 0.481 e. The molecule has 0 bridgehead atoms. The van der Waals surface area contributed by atoms with Crippen LogP contribution in [0.4, 0.5) is 19.3 Å². The predicted molar refractivity (Wildman–Crippen MR) is 135 cm³/mol. The number of aryl methyl sites for hydroxylation is 2. The van der Waals surface area contributed by atoms with Gasteiger partial charge in [0.1, 0.15) is 17.7 Å². The third-order valence-corrected chi connectivity index (χ3v) is 5.94. The number of nitrogens with one attached hydrogen (secondary N) is 1. The zero-order chi connectivity index (χ0) is 26.7. The van der Waals surface area contributed by atoms with E-state index in [-0.39, 0.29) is 12.0 Å². The topological polar surface area (TPSA) is 93.5 Å². The summed E-state index contributed by atoms with van der Waals surface area (Å²) in [5.74, 6) is -2.48. The lowest BCUT2D eigenvalue weighted by molar-refractivity contribution is -0.136. The van der Waals surface area contributed by atoms with Crippen molar-refractivity contribution in [1.82, 2.24) is 9.78 Å². The SMILES string of the molecule is Cc1nn(C)c(-c2ccc(-c3ccc(CC(=O)O)cc3)cc2)c1NC(=O)OC(C)c1c(F)cccc1F. The first-order valence-electron chi connectivity index (χ1n) is 11.5. The minimum atomic E-state index is -1.15. The maximum Gasteiger partial charge on any atom is 0.412 e. The normalized spacial score (nSPS) is 11.7. The van der Waals surface area contributed by atoms with Crippen LogP contribution >= 0.6 is 0 Å². The Morgan fingerprint density at radius 2 is 1.51 bits per heavy atom. The Labute approximate surface area is 212 Å². The summed E-state index contributed by atoms with van der Waals surface area (Å²) in [6.45, 7) is 3.12. The van der Waals surface area contributed by atoms with Gasteiger partial charge in [0.15, 0.2) is 0 Å². The number of aliphatic carboxylic acids is 1. The van der Waals surface area contributed by atoms with Gasteiger partial charge in [0, 0.05) is 12.6 Å². The number of anilines is 1. The van der Waals surface area contributed by atoms with E-state index in [1.54, 1.807) is 30.8 Å². The number of rotatable bonds is 7. The van der Waals surface area contributed by atoms with Crippen molar-refractivity contribution in [2.45, 2.75) is 26.4 Å². The summed E-state index contributed by atoms with van der Waals surface area (Å²) >= 11 is 0. The van der Waals surface area contributed by atoms with Gasteiger partial charge in [-0.05, 0) is 42.7 Å². The fraction of sp³-hybridized carbons (Fsp3) is 0.179. The third kappa shape index (κ3) is 5.66. The van der Waals surface area contributed by atoms with E-state index < -0.39 is 29.8 Å². The molecule has 0 radical (unpaired) electrons. The Morgan fingerprint density at radius 3 is 2.08 bits per heavy atom. The van der Waals surface area contributed by atoms with Crippen molar-refractivity contribution in [2.75, 3.05) is 5.32 Å². The molecule has 9 heteroatoms. The molecule has 0 aliphatic carbocycles. The second kappa shape index (κ2) is 10.6. The van der Waals surface area contributed by atoms with Gasteiger partial charge in [-0.2, -0.15) is 5.10 Å². The highest BCUT2D eigenvalue weighted by Crippen LogP contribution is 2.33. The van der Waals surface area contributed by atoms with E-state index in [1.807, 2.05) is 36.4 Å². The van der Waals surface area contributed by atoms with Crippen LogP contribution in [0.5, 0.6) is 0 Å². The molecule has 0 fully saturated rings. The summed E-state index contributed by atoms with van der Waals surface area (Å²) in [6.07, 6.45) is -2.06. The number of nitrogens with zero attached hydrogens (tertiary/aromatic N) is 2. The van der Waals surface area contributed by atoms with Gasteiger partial charge in [0.05, 0.1) is 29.1 Å². The Balaban J connectivity index is 1.53. The molecule has 37 heavy (non-hydrogen) atoms. The van der Waals surface area contributed by atoms with Crippen LogP contribution < -0.4 is 5.32 Å². The molecule has 0 aliphatic heterocycles. The summed E-state index contributed by atoms with van der Waals surface area (Å²) in [6, 6.07) is 18.3. The molecule has 0 aliphatic rings. The molecule has 0 spiro atoms. The Hall–Kier alpha value is -4.53. The molecule has 3 aromatic carbocycles. The lowest BCUT2D eigenvalue weighted by Gasteiger charge is -2.16. The lowest BCUT2D eigenvalue weighted by Crippen LogP contribution is -2.18. The van der Waals surface area contributed by atoms with Crippen molar-refractivity contribution in [3.8, 4) is 22.4 Å². The molecule has 190 valence electrons. The van der Waals surface area contributed by atoms with Crippen LogP contribution in [0.15, 0.2) is 66.7 Å². The average Bonchev–Trinajstić information content (AvgIpc) is 3.11. The zero-order valence-electron chi connectivity index (χ0n) is 20.5. The average molecular weight is 506 g/mol. The highest BCUT2D eigenvalue weighted by Gasteiger charge is 2.23. The van der Waals surface area contributed by atoms with Gasteiger partial charge in [0.2, 0.25) is 0 Å². The molecule has 0 saturated carbocycles. The van der Waals surface area contributed by atoms with Gasteiger partial charge in [-0.15, -0.1) is 0 Å². The summed E-state index contributed by atoms with van der Waals surface area (Å²) in [4.78, 5) is 23.5. The van der Waals surface area contributed by atoms with Crippen LogP contribution in [-0.4, -0.2) is 26.9 Å². The Bertz CT molecular complexity index is 1430. The maximum absolute atomic E-state index is 14.1. The van der Waals surface area contributed by atoms with Gasteiger partial charge in [-0.3, -0.25) is 14.8 Å². The quantitative estimate of drug-likeness (QED) is 0.308. The minimum absolute atomic E-state index is 0.0364. The molecule has 1 aromatic heterocycles. The number of carboxylic acid groups (broad SMARTS) is 1. The van der Waals surface area contributed by atoms with Crippen LogP contribution in [0.1, 0.15) is 29.8 Å². The first-order chi connectivity index (χ1) is 17.6. The number of ether oxygens (including phenoxy) is 1. The first-order valence-corrected chi connectivity index (χ1v) is 11.5. The van der Waals surface area contributed by atoms with Gasteiger partial charge in [0.25, 0.3) is 0 Å². The van der Waals surface area contributed by atoms with Crippen molar-refractivity contribution in [3.05, 3.63) is 95.2 Å². The minimum Gasteiger partial charge on any atom is -0.481 e. The van der Waals surface area contributed by atoms with Crippen molar-refractivity contribution in [3.63, 3.8) is 0 Å². The summed E-state index contributed by atoms with van der Waals surface area (Å²) in [7, 11) is 1.74. The first kappa shape index (κ1) is 25.6. The fourth-order valence-corrected chi connectivity index (χ4v) is 4.20. The molecule has 4 aromatic rings. The summed E-state index contributed by atoms with van der Waals surface area (Å²) in [5.41, 5.74) is 4.61. The van der Waals surface area contributed by atoms with Crippen LogP contribution in [-0.2, 0) is 23.0 Å². The molecular weight excluding hydrogens is 480 g/mol. The number of aromatic nitrogens is 2. The van der Waals surface area contributed by atoms with Crippen LogP contribution in [0.2, 0.25) is 0 Å². The van der Waals surface area contributed by atoms with Gasteiger partial charge in [-0.1, -0.05) is 54.6 Å². The zero-order valence-corrected chi connectivity index (χ0v) is 20.5. The fourth-order valence-electron chi connectivity index (χ4n) is 4.20. The molecule has 1 heterocycles. The standard InChI is InChI=1S/C28H25F2N3O4/c1-16-26(31-28(36)37-17(2)25-22(29)5-4-6-23(25)30)27(33(3)32-16)21-13-11-20(12-14-21)19-9-7-18(8-10-19)15-24(34)35/h4-14,17H,15H2,1-3H3,(H,31,36)(H,34,35). The van der Waals surface area contributed by atoms with E-state index >= 15 is 0 Å². The van der Waals surface area contributed by atoms with Gasteiger partial charge in [-0.25, -0.2) is 13.6 Å². The molecule has 2 N–H and O–H groups in total. The van der Waals surface area contributed by atoms with Crippen LogP contribution in [0.25, 0.3) is 22.4 Å². The number of carboxylic acids is 1. The molecule has 1 unspecified atom stereocenters. The summed E-state index contributed by atoms with van der Waals surface area (Å²) in [5, 5.41) is 16.0. The second-order valence-corrected chi connectivity index (χ2v) is 8.59. The maximum atomic E-state index is 14.1. The number of carbonyl (C=O) groups is 2. The molecule has 7 nitrogen and oxygen atoms in total. The van der Waals surface area contributed by atoms with Crippen LogP contribution in [0.3, 0.4) is 0 Å². The molecular formula is C28H25F2N3O4. The second-order valence-electron chi connectivity index (χ2n) is 8.59. The number of hydrogen-bond acceptors (Lipinski definition) is 4. The number of amides is 1. The van der Waals surface area contributed by atoms with Gasteiger partial charge < -0.3 is 9.84 Å². The number of carbonyl (C=O) groups excluding carboxylic acids is 1. The predicted octanol–water partition coefficient (Wildman–Crippen LogP) is 6.28. The highest BCUT2D eigenvalue weighted by atomic mass is 19.1. The van der Waals surface area contributed by atoms with Crippen LogP contribution in [0, 0.1) is 18.6 Å². The van der Waals surface area contributed by atoms with E-state index in [0.29, 0.717) is 22.6 Å². The number of hydrogen-bond donors (Lipinski definition) is 2. The molecule has 1 atom stereocenters. The monoisotopic (exact) mass is 505 g/mol. The highest BCUT2D eigenvalue weighted by molar-refractivity contribution is 5.92. The summed E-state index contributed by atoms with van der Waals surface area (Å²) < 4.78 is 35.0. The van der Waals surface area contributed by atoms with Gasteiger partial charge >= 0.3 is 12.1 Å². The van der Waals surface area contributed by atoms with E-state index in [9.17, 15) is 18.4 Å². The third-order valence-electron chi connectivity index (χ3n) is 5.94. The van der Waals surface area contributed by atoms with Crippen molar-refractivity contribution >= 4 is 17.7 Å². The van der Waals surface area contributed by atoms with Crippen molar-refractivity contribution in [2.24, 2.45) is 7.05 Å². The lowest BCUT2D eigenvalue weighted by atomic mass is 10.0.